The van der Waals surface area contributed by atoms with Crippen molar-refractivity contribution in [2.24, 2.45) is 11.3 Å². The summed E-state index contributed by atoms with van der Waals surface area (Å²) in [6, 6.07) is 0. The number of carbonyl (C=O) groups excluding carboxylic acids is 2. The quantitative estimate of drug-likeness (QED) is 0.627. The normalized spacial score (nSPS) is 27.6. The number of amides is 1. The van der Waals surface area contributed by atoms with Crippen molar-refractivity contribution in [3.05, 3.63) is 10.6 Å². The van der Waals surface area contributed by atoms with Gasteiger partial charge in [0.2, 0.25) is 5.91 Å². The summed E-state index contributed by atoms with van der Waals surface area (Å²) in [5, 5.41) is 9.56. The fraction of sp³-hybridized carbons (Fsp3) is 0.667. The van der Waals surface area contributed by atoms with Crippen molar-refractivity contribution in [2.45, 2.75) is 39.7 Å². The summed E-state index contributed by atoms with van der Waals surface area (Å²) in [7, 11) is 1.29. The SMILES string of the molecule is COC(=O)CSC1=C(C(=O)O)N2C(=O)CC2(C)C1C(C)(C)C. The highest BCUT2D eigenvalue weighted by atomic mass is 32.2. The standard InChI is InChI=1S/C15H21NO5S/c1-14(2,3)12-11(22-7-9(18)21-5)10(13(19)20)16-8(17)6-15(12,16)4/h12H,6-7H2,1-5H3,(H,19,20). The maximum atomic E-state index is 12.0. The van der Waals surface area contributed by atoms with E-state index in [0.717, 1.165) is 0 Å². The maximum absolute atomic E-state index is 12.0. The molecule has 0 aromatic carbocycles. The zero-order chi connectivity index (χ0) is 16.9. The predicted molar refractivity (Wildman–Crippen MR) is 81.9 cm³/mol. The van der Waals surface area contributed by atoms with Gasteiger partial charge in [0.15, 0.2) is 0 Å². The Morgan fingerprint density at radius 1 is 1.45 bits per heavy atom. The molecule has 2 aliphatic rings. The second kappa shape index (κ2) is 5.30. The van der Waals surface area contributed by atoms with Crippen molar-refractivity contribution in [1.29, 1.82) is 0 Å². The number of thioether (sulfide) groups is 1. The number of carbonyl (C=O) groups is 3. The van der Waals surface area contributed by atoms with Crippen LogP contribution in [0.15, 0.2) is 10.6 Å². The number of hydrogen-bond donors (Lipinski definition) is 1. The third-order valence-corrected chi connectivity index (χ3v) is 5.37. The van der Waals surface area contributed by atoms with Crippen LogP contribution >= 0.6 is 11.8 Å². The largest absolute Gasteiger partial charge is 0.477 e. The number of carboxylic acid groups (broad SMARTS) is 1. The number of esters is 1. The Labute approximate surface area is 133 Å². The average Bonchev–Trinajstić information content (AvgIpc) is 2.59. The number of methoxy groups -OCH3 is 1. The van der Waals surface area contributed by atoms with Crippen molar-refractivity contribution < 1.29 is 24.2 Å². The minimum atomic E-state index is -1.13. The minimum absolute atomic E-state index is 0.0209. The molecule has 2 rings (SSSR count). The highest BCUT2D eigenvalue weighted by molar-refractivity contribution is 8.03. The van der Waals surface area contributed by atoms with Crippen LogP contribution in [-0.4, -0.2) is 46.3 Å². The van der Waals surface area contributed by atoms with Crippen molar-refractivity contribution in [3.63, 3.8) is 0 Å². The van der Waals surface area contributed by atoms with Gasteiger partial charge in [-0.15, -0.1) is 11.8 Å². The van der Waals surface area contributed by atoms with Crippen LogP contribution in [0.2, 0.25) is 0 Å². The van der Waals surface area contributed by atoms with E-state index in [2.05, 4.69) is 4.74 Å². The van der Waals surface area contributed by atoms with E-state index in [-0.39, 0.29) is 28.7 Å². The fourth-order valence-corrected chi connectivity index (χ4v) is 5.15. The van der Waals surface area contributed by atoms with Crippen LogP contribution in [0.25, 0.3) is 0 Å². The second-order valence-corrected chi connectivity index (χ2v) is 7.96. The summed E-state index contributed by atoms with van der Waals surface area (Å²) in [6.45, 7) is 7.98. The molecular weight excluding hydrogens is 306 g/mol. The Bertz CT molecular complexity index is 577. The van der Waals surface area contributed by atoms with Crippen molar-refractivity contribution in [1.82, 2.24) is 4.90 Å². The number of rotatable bonds is 4. The molecular formula is C15H21NO5S. The number of hydrogen-bond acceptors (Lipinski definition) is 5. The van der Waals surface area contributed by atoms with Gasteiger partial charge in [-0.1, -0.05) is 20.8 Å². The molecule has 0 radical (unpaired) electrons. The van der Waals surface area contributed by atoms with Gasteiger partial charge in [0, 0.05) is 10.8 Å². The first kappa shape index (κ1) is 16.9. The van der Waals surface area contributed by atoms with Crippen LogP contribution in [0.4, 0.5) is 0 Å². The molecule has 2 heterocycles. The summed E-state index contributed by atoms with van der Waals surface area (Å²) >= 11 is 1.17. The van der Waals surface area contributed by atoms with Crippen LogP contribution in [0.1, 0.15) is 34.1 Å². The number of nitrogens with zero attached hydrogens (tertiary/aromatic N) is 1. The molecule has 0 spiro atoms. The molecule has 0 aromatic heterocycles. The van der Waals surface area contributed by atoms with Crippen LogP contribution in [0.3, 0.4) is 0 Å². The number of fused-ring (bicyclic) bond motifs is 1. The van der Waals surface area contributed by atoms with E-state index in [1.807, 2.05) is 27.7 Å². The zero-order valence-corrected chi connectivity index (χ0v) is 14.2. The molecule has 22 heavy (non-hydrogen) atoms. The van der Waals surface area contributed by atoms with Gasteiger partial charge in [0.1, 0.15) is 5.70 Å². The summed E-state index contributed by atoms with van der Waals surface area (Å²) < 4.78 is 4.63. The lowest BCUT2D eigenvalue weighted by Crippen LogP contribution is -2.63. The van der Waals surface area contributed by atoms with Gasteiger partial charge in [0.05, 0.1) is 24.8 Å². The Kier molecular flexibility index (Phi) is 4.06. The van der Waals surface area contributed by atoms with Crippen LogP contribution in [-0.2, 0) is 19.1 Å². The molecule has 7 heteroatoms. The lowest BCUT2D eigenvalue weighted by atomic mass is 9.66. The van der Waals surface area contributed by atoms with Crippen molar-refractivity contribution in [3.8, 4) is 0 Å². The molecule has 2 unspecified atom stereocenters. The highest BCUT2D eigenvalue weighted by Crippen LogP contribution is 2.59. The molecule has 6 nitrogen and oxygen atoms in total. The van der Waals surface area contributed by atoms with Crippen molar-refractivity contribution in [2.75, 3.05) is 12.9 Å². The van der Waals surface area contributed by atoms with Gasteiger partial charge >= 0.3 is 11.9 Å². The monoisotopic (exact) mass is 327 g/mol. The van der Waals surface area contributed by atoms with Gasteiger partial charge in [-0.25, -0.2) is 4.79 Å². The topological polar surface area (TPSA) is 83.9 Å². The molecule has 1 amide bonds. The van der Waals surface area contributed by atoms with Gasteiger partial charge in [0.25, 0.3) is 0 Å². The van der Waals surface area contributed by atoms with Gasteiger partial charge in [-0.05, 0) is 12.3 Å². The Hall–Kier alpha value is -1.50. The molecule has 122 valence electrons. The molecule has 0 aliphatic carbocycles. The number of carboxylic acids is 1. The van der Waals surface area contributed by atoms with Gasteiger partial charge in [-0.3, -0.25) is 14.5 Å². The first-order valence-corrected chi connectivity index (χ1v) is 8.02. The van der Waals surface area contributed by atoms with E-state index in [1.165, 1.54) is 23.8 Å². The third-order valence-electron chi connectivity index (χ3n) is 4.25. The van der Waals surface area contributed by atoms with Crippen LogP contribution < -0.4 is 0 Å². The van der Waals surface area contributed by atoms with E-state index in [4.69, 9.17) is 0 Å². The highest BCUT2D eigenvalue weighted by Gasteiger charge is 2.64. The summed E-state index contributed by atoms with van der Waals surface area (Å²) in [5.74, 6) is -1.81. The van der Waals surface area contributed by atoms with E-state index >= 15 is 0 Å². The maximum Gasteiger partial charge on any atom is 0.353 e. The van der Waals surface area contributed by atoms with E-state index in [0.29, 0.717) is 11.3 Å². The average molecular weight is 327 g/mol. The summed E-state index contributed by atoms with van der Waals surface area (Å²) in [6.07, 6.45) is 0.327. The molecule has 0 saturated carbocycles. The first-order valence-electron chi connectivity index (χ1n) is 7.04. The van der Waals surface area contributed by atoms with E-state index in [1.54, 1.807) is 0 Å². The molecule has 1 fully saturated rings. The Morgan fingerprint density at radius 3 is 2.45 bits per heavy atom. The van der Waals surface area contributed by atoms with Crippen molar-refractivity contribution >= 4 is 29.6 Å². The minimum Gasteiger partial charge on any atom is -0.477 e. The lowest BCUT2D eigenvalue weighted by molar-refractivity contribution is -0.158. The van der Waals surface area contributed by atoms with E-state index in [9.17, 15) is 19.5 Å². The van der Waals surface area contributed by atoms with E-state index < -0.39 is 17.5 Å². The molecule has 1 N–H and O–H groups in total. The predicted octanol–water partition coefficient (Wildman–Crippen LogP) is 1.86. The molecule has 0 bridgehead atoms. The number of β-lactam (4-membered cyclic amide) rings is 1. The van der Waals surface area contributed by atoms with Gasteiger partial charge < -0.3 is 9.84 Å². The third kappa shape index (κ3) is 2.41. The summed E-state index contributed by atoms with van der Waals surface area (Å²) in [5.41, 5.74) is -0.738. The number of aliphatic carboxylic acids is 1. The second-order valence-electron chi connectivity index (χ2n) is 6.94. The van der Waals surface area contributed by atoms with Gasteiger partial charge in [-0.2, -0.15) is 0 Å². The van der Waals surface area contributed by atoms with Crippen LogP contribution in [0.5, 0.6) is 0 Å². The molecule has 2 atom stereocenters. The lowest BCUT2D eigenvalue weighted by Gasteiger charge is -2.52. The molecule has 2 aliphatic heterocycles. The Balaban J connectivity index is 2.48. The zero-order valence-electron chi connectivity index (χ0n) is 13.4. The molecule has 1 saturated heterocycles. The summed E-state index contributed by atoms with van der Waals surface area (Å²) in [4.78, 5) is 37.1. The Morgan fingerprint density at radius 2 is 2.05 bits per heavy atom. The fourth-order valence-electron chi connectivity index (χ4n) is 3.67. The first-order chi connectivity index (χ1) is 10.0. The smallest absolute Gasteiger partial charge is 0.353 e. The van der Waals surface area contributed by atoms with Crippen LogP contribution in [0, 0.1) is 11.3 Å². The number of ether oxygens (including phenoxy) is 1. The molecule has 0 aromatic rings.